The molecule has 1 aliphatic heterocycles. The highest BCUT2D eigenvalue weighted by molar-refractivity contribution is 5.73. The first-order valence-electron chi connectivity index (χ1n) is 11.6. The predicted octanol–water partition coefficient (Wildman–Crippen LogP) is 6.12. The van der Waals surface area contributed by atoms with Crippen LogP contribution in [-0.4, -0.2) is 40.1 Å². The molecule has 1 rings (SSSR count). The molecule has 0 aromatic carbocycles. The van der Waals surface area contributed by atoms with E-state index in [0.29, 0.717) is 19.5 Å². The number of allylic oxidation sites excluding steroid dienone is 2. The Morgan fingerprint density at radius 3 is 2.54 bits per heavy atom. The third-order valence-electron chi connectivity index (χ3n) is 5.81. The number of hydrogen-bond acceptors (Lipinski definition) is 2. The Balaban J connectivity index is 1.95. The van der Waals surface area contributed by atoms with E-state index in [0.717, 1.165) is 30.0 Å². The molecule has 0 aromatic heterocycles. The molecule has 28 heavy (non-hydrogen) atoms. The molecule has 0 bridgehead atoms. The summed E-state index contributed by atoms with van der Waals surface area (Å²) in [6, 6.07) is -0.620. The maximum atomic E-state index is 12.1. The van der Waals surface area contributed by atoms with Gasteiger partial charge in [0.1, 0.15) is 4.87 Å². The first kappa shape index (κ1) is 24.6. The zero-order valence-corrected chi connectivity index (χ0v) is 18.3. The summed E-state index contributed by atoms with van der Waals surface area (Å²) in [6.45, 7) is 5.60. The maximum absolute atomic E-state index is 12.1. The molecule has 1 heterocycles. The van der Waals surface area contributed by atoms with Crippen molar-refractivity contribution in [3.8, 4) is 0 Å². The van der Waals surface area contributed by atoms with Crippen LogP contribution in [0, 0.1) is 10.8 Å². The summed E-state index contributed by atoms with van der Waals surface area (Å²) < 4.78 is 0. The van der Waals surface area contributed by atoms with Gasteiger partial charge >= 0.3 is 5.97 Å². The van der Waals surface area contributed by atoms with Crippen LogP contribution in [0.25, 0.3) is 0 Å². The first-order valence-corrected chi connectivity index (χ1v) is 11.6. The van der Waals surface area contributed by atoms with Crippen molar-refractivity contribution in [3.63, 3.8) is 0 Å². The summed E-state index contributed by atoms with van der Waals surface area (Å²) in [6.07, 6.45) is 20.7. The second kappa shape index (κ2) is 15.5. The molecule has 5 heteroatoms. The van der Waals surface area contributed by atoms with Gasteiger partial charge < -0.3 is 5.11 Å². The molecule has 0 saturated carbocycles. The van der Waals surface area contributed by atoms with Crippen molar-refractivity contribution < 1.29 is 14.8 Å². The van der Waals surface area contributed by atoms with Gasteiger partial charge in [0.05, 0.1) is 11.5 Å². The lowest BCUT2D eigenvalue weighted by molar-refractivity contribution is -0.709. The maximum Gasteiger partial charge on any atom is 0.332 e. The number of rotatable bonds is 17. The zero-order chi connectivity index (χ0) is 20.6. The van der Waals surface area contributed by atoms with Crippen LogP contribution in [0.4, 0.5) is 0 Å². The Hall–Kier alpha value is -1.39. The summed E-state index contributed by atoms with van der Waals surface area (Å²) in [7, 11) is 0. The Kier molecular flexibility index (Phi) is 13.7. The highest BCUT2D eigenvalue weighted by atomic mass is 16.4. The van der Waals surface area contributed by atoms with E-state index in [9.17, 15) is 9.70 Å². The SMILES string of the molecule is CCCCCC=CCCC(C)CCCCCCC[N+](=O)N1CCCC1C(=O)O. The van der Waals surface area contributed by atoms with Gasteiger partial charge in [0, 0.05) is 6.42 Å². The molecule has 1 aliphatic rings. The summed E-state index contributed by atoms with van der Waals surface area (Å²) >= 11 is 0. The molecule has 2 atom stereocenters. The zero-order valence-electron chi connectivity index (χ0n) is 18.3. The van der Waals surface area contributed by atoms with Crippen molar-refractivity contribution in [1.29, 1.82) is 0 Å². The van der Waals surface area contributed by atoms with E-state index < -0.39 is 12.0 Å². The Morgan fingerprint density at radius 2 is 1.79 bits per heavy atom. The molecule has 0 radical (unpaired) electrons. The van der Waals surface area contributed by atoms with Crippen molar-refractivity contribution in [3.05, 3.63) is 17.1 Å². The van der Waals surface area contributed by atoms with Crippen molar-refractivity contribution in [1.82, 2.24) is 5.01 Å². The lowest BCUT2D eigenvalue weighted by atomic mass is 9.97. The van der Waals surface area contributed by atoms with Crippen molar-refractivity contribution in [2.75, 3.05) is 13.1 Å². The Labute approximate surface area is 172 Å². The minimum Gasteiger partial charge on any atom is -0.480 e. The largest absolute Gasteiger partial charge is 0.480 e. The van der Waals surface area contributed by atoms with Crippen LogP contribution in [0.1, 0.15) is 104 Å². The Bertz CT molecular complexity index is 465. The van der Waals surface area contributed by atoms with Gasteiger partial charge in [0.25, 0.3) is 0 Å². The van der Waals surface area contributed by atoms with E-state index in [-0.39, 0.29) is 0 Å². The topological polar surface area (TPSA) is 60.6 Å². The van der Waals surface area contributed by atoms with E-state index in [1.54, 1.807) is 0 Å². The highest BCUT2D eigenvalue weighted by Crippen LogP contribution is 2.19. The molecule has 0 aliphatic carbocycles. The fraction of sp³-hybridized carbons (Fsp3) is 0.870. The lowest BCUT2D eigenvalue weighted by Gasteiger charge is -2.13. The quantitative estimate of drug-likeness (QED) is 0.183. The smallest absolute Gasteiger partial charge is 0.332 e. The predicted molar refractivity (Wildman–Crippen MR) is 115 cm³/mol. The van der Waals surface area contributed by atoms with Gasteiger partial charge in [-0.3, -0.25) is 0 Å². The molecule has 2 unspecified atom stereocenters. The highest BCUT2D eigenvalue weighted by Gasteiger charge is 2.39. The van der Waals surface area contributed by atoms with Crippen LogP contribution >= 0.6 is 0 Å². The average molecular weight is 396 g/mol. The van der Waals surface area contributed by atoms with Gasteiger partial charge in [-0.25, -0.2) is 4.79 Å². The number of carbonyl (C=O) groups is 1. The molecule has 0 amide bonds. The van der Waals surface area contributed by atoms with Crippen LogP contribution in [-0.2, 0) is 4.79 Å². The fourth-order valence-corrected chi connectivity index (χ4v) is 3.94. The van der Waals surface area contributed by atoms with E-state index >= 15 is 0 Å². The van der Waals surface area contributed by atoms with Crippen molar-refractivity contribution >= 4 is 5.97 Å². The molecular weight excluding hydrogens is 352 g/mol. The van der Waals surface area contributed by atoms with Gasteiger partial charge in [-0.1, -0.05) is 64.5 Å². The molecule has 1 N–H and O–H groups in total. The van der Waals surface area contributed by atoms with E-state index in [2.05, 4.69) is 26.0 Å². The van der Waals surface area contributed by atoms with E-state index in [1.807, 2.05) is 0 Å². The summed E-state index contributed by atoms with van der Waals surface area (Å²) in [5.74, 6) is -0.0833. The molecule has 5 nitrogen and oxygen atoms in total. The summed E-state index contributed by atoms with van der Waals surface area (Å²) in [5, 5.41) is 10.6. The van der Waals surface area contributed by atoms with Crippen LogP contribution in [0.3, 0.4) is 0 Å². The van der Waals surface area contributed by atoms with Crippen LogP contribution in [0.5, 0.6) is 0 Å². The standard InChI is InChI=1S/C23H42N2O3/c1-3-4-5-6-7-9-12-16-21(2)17-13-10-8-11-14-20-25(28)24-19-15-18-22(24)23(26)27/h7,9,21-22H,3-6,8,10-20H2,1-2H3/p+1. The van der Waals surface area contributed by atoms with Crippen LogP contribution < -0.4 is 0 Å². The minimum atomic E-state index is -0.876. The molecule has 0 spiro atoms. The number of aliphatic carboxylic acids is 1. The molecule has 1 saturated heterocycles. The van der Waals surface area contributed by atoms with Gasteiger partial charge in [-0.2, -0.15) is 0 Å². The molecule has 1 fully saturated rings. The Morgan fingerprint density at radius 1 is 1.07 bits per heavy atom. The van der Waals surface area contributed by atoms with Gasteiger partial charge in [-0.15, -0.1) is 5.01 Å². The molecular formula is C23H43N2O3+. The number of nitrogens with zero attached hydrogens (tertiary/aromatic N) is 2. The second-order valence-corrected chi connectivity index (χ2v) is 8.44. The second-order valence-electron chi connectivity index (χ2n) is 8.44. The number of carboxylic acids is 1. The van der Waals surface area contributed by atoms with Gasteiger partial charge in [0.15, 0.2) is 6.04 Å². The first-order chi connectivity index (χ1) is 13.6. The van der Waals surface area contributed by atoms with Gasteiger partial charge in [-0.05, 0) is 50.9 Å². The third-order valence-corrected chi connectivity index (χ3v) is 5.81. The number of unbranched alkanes of at least 4 members (excludes halogenated alkanes) is 7. The van der Waals surface area contributed by atoms with Crippen LogP contribution in [0.15, 0.2) is 12.2 Å². The number of hydrogen-bond donors (Lipinski definition) is 1. The van der Waals surface area contributed by atoms with Gasteiger partial charge in [0.2, 0.25) is 6.54 Å². The molecule has 162 valence electrons. The van der Waals surface area contributed by atoms with Crippen LogP contribution in [0.2, 0.25) is 0 Å². The number of hydrazine groups is 1. The fourth-order valence-electron chi connectivity index (χ4n) is 3.94. The lowest BCUT2D eigenvalue weighted by Crippen LogP contribution is -2.42. The van der Waals surface area contributed by atoms with Crippen molar-refractivity contribution in [2.45, 2.75) is 110 Å². The normalized spacial score (nSPS) is 18.1. The van der Waals surface area contributed by atoms with E-state index in [1.165, 1.54) is 69.2 Å². The summed E-state index contributed by atoms with van der Waals surface area (Å²) in [4.78, 5) is 24.1. The summed E-state index contributed by atoms with van der Waals surface area (Å²) in [5.41, 5.74) is 0. The van der Waals surface area contributed by atoms with E-state index in [4.69, 9.17) is 5.11 Å². The number of carboxylic acid groups (broad SMARTS) is 1. The minimum absolute atomic E-state index is 0.421. The molecule has 0 aromatic rings. The monoisotopic (exact) mass is 395 g/mol. The average Bonchev–Trinajstić information content (AvgIpc) is 3.16. The number of nitroso groups, excluding NO2 is 1. The third kappa shape index (κ3) is 10.8. The van der Waals surface area contributed by atoms with Crippen molar-refractivity contribution in [2.24, 2.45) is 5.92 Å².